The number of aliphatic imine (C=N–C) groups is 1. The normalized spacial score (nSPS) is 16.6. The van der Waals surface area contributed by atoms with E-state index in [-0.39, 0.29) is 17.8 Å². The van der Waals surface area contributed by atoms with Crippen LogP contribution in [0.4, 0.5) is 4.39 Å². The van der Waals surface area contributed by atoms with E-state index in [1.54, 1.807) is 19.2 Å². The van der Waals surface area contributed by atoms with Gasteiger partial charge in [0.2, 0.25) is 5.91 Å². The predicted octanol–water partition coefficient (Wildman–Crippen LogP) is 3.29. The lowest BCUT2D eigenvalue weighted by atomic mass is 10.2. The van der Waals surface area contributed by atoms with Crippen LogP contribution in [0, 0.1) is 5.82 Å². The van der Waals surface area contributed by atoms with Gasteiger partial charge in [-0.2, -0.15) is 0 Å². The van der Waals surface area contributed by atoms with E-state index < -0.39 is 0 Å². The molecule has 29 heavy (non-hydrogen) atoms. The van der Waals surface area contributed by atoms with Gasteiger partial charge in [0.1, 0.15) is 17.3 Å². The number of hydrogen-bond acceptors (Lipinski definition) is 3. The number of benzene rings is 2. The van der Waals surface area contributed by atoms with Gasteiger partial charge in [0.05, 0.1) is 0 Å². The number of nitrogens with one attached hydrogen (secondary N) is 2. The average Bonchev–Trinajstić information content (AvgIpc) is 3.22. The molecule has 1 atom stereocenters. The molecule has 0 spiro atoms. The number of guanidine groups is 1. The van der Waals surface area contributed by atoms with Crippen molar-refractivity contribution in [2.24, 2.45) is 4.99 Å². The quantitative estimate of drug-likeness (QED) is 0.579. The number of carbonyl (C=O) groups is 1. The molecule has 0 aliphatic carbocycles. The minimum Gasteiger partial charge on any atom is -0.457 e. The van der Waals surface area contributed by atoms with Gasteiger partial charge in [0, 0.05) is 39.1 Å². The van der Waals surface area contributed by atoms with Crippen LogP contribution in [0.5, 0.6) is 11.5 Å². The van der Waals surface area contributed by atoms with Crippen molar-refractivity contribution in [1.82, 2.24) is 15.5 Å². The fourth-order valence-corrected chi connectivity index (χ4v) is 3.22. The van der Waals surface area contributed by atoms with Crippen molar-refractivity contribution in [1.29, 1.82) is 0 Å². The van der Waals surface area contributed by atoms with Gasteiger partial charge in [-0.1, -0.05) is 19.1 Å². The fourth-order valence-electron chi connectivity index (χ4n) is 3.22. The average molecular weight is 398 g/mol. The van der Waals surface area contributed by atoms with Gasteiger partial charge in [0.15, 0.2) is 5.96 Å². The van der Waals surface area contributed by atoms with E-state index in [9.17, 15) is 9.18 Å². The number of amides is 1. The maximum Gasteiger partial charge on any atom is 0.222 e. The molecule has 0 saturated carbocycles. The predicted molar refractivity (Wildman–Crippen MR) is 112 cm³/mol. The Morgan fingerprint density at radius 1 is 1.17 bits per heavy atom. The molecule has 6 nitrogen and oxygen atoms in total. The zero-order valence-electron chi connectivity index (χ0n) is 16.8. The first-order chi connectivity index (χ1) is 14.1. The molecule has 1 aliphatic rings. The highest BCUT2D eigenvalue weighted by molar-refractivity contribution is 5.80. The fraction of sp³-hybridized carbons (Fsp3) is 0.364. The maximum absolute atomic E-state index is 13.0. The third kappa shape index (κ3) is 5.94. The number of ether oxygens (including phenoxy) is 1. The second-order valence-electron chi connectivity index (χ2n) is 6.95. The van der Waals surface area contributed by atoms with Crippen LogP contribution in [0.3, 0.4) is 0 Å². The molecule has 0 bridgehead atoms. The number of halogens is 1. The number of rotatable bonds is 6. The Bertz CT molecular complexity index is 837. The lowest BCUT2D eigenvalue weighted by Crippen LogP contribution is -2.44. The molecule has 1 aliphatic heterocycles. The largest absolute Gasteiger partial charge is 0.457 e. The summed E-state index contributed by atoms with van der Waals surface area (Å²) in [6.45, 7) is 4.00. The molecule has 2 aromatic rings. The highest BCUT2D eigenvalue weighted by Crippen LogP contribution is 2.21. The molecule has 7 heteroatoms. The Morgan fingerprint density at radius 2 is 1.83 bits per heavy atom. The number of nitrogens with zero attached hydrogens (tertiary/aromatic N) is 2. The van der Waals surface area contributed by atoms with Gasteiger partial charge in [0.25, 0.3) is 0 Å². The van der Waals surface area contributed by atoms with E-state index in [1.165, 1.54) is 12.1 Å². The maximum atomic E-state index is 13.0. The van der Waals surface area contributed by atoms with Crippen LogP contribution in [0.15, 0.2) is 53.5 Å². The van der Waals surface area contributed by atoms with Crippen LogP contribution >= 0.6 is 0 Å². The Hall–Kier alpha value is -3.09. The lowest BCUT2D eigenvalue weighted by Gasteiger charge is -2.18. The topological polar surface area (TPSA) is 66.0 Å². The highest BCUT2D eigenvalue weighted by atomic mass is 19.1. The smallest absolute Gasteiger partial charge is 0.222 e. The number of hydrogen-bond donors (Lipinski definition) is 2. The van der Waals surface area contributed by atoms with Crippen molar-refractivity contribution in [3.63, 3.8) is 0 Å². The van der Waals surface area contributed by atoms with Gasteiger partial charge in [-0.25, -0.2) is 4.39 Å². The summed E-state index contributed by atoms with van der Waals surface area (Å²) in [7, 11) is 1.74. The molecule has 1 saturated heterocycles. The second kappa shape index (κ2) is 9.91. The molecule has 1 heterocycles. The first-order valence-electron chi connectivity index (χ1n) is 9.84. The minimum atomic E-state index is -0.289. The second-order valence-corrected chi connectivity index (χ2v) is 6.95. The van der Waals surface area contributed by atoms with Crippen LogP contribution < -0.4 is 15.4 Å². The molecule has 3 rings (SSSR count). The standard InChI is InChI=1S/C22H27FN4O2/c1-3-21(28)27-13-12-18(15-27)26-22(24-2)25-14-16-4-8-19(9-5-16)29-20-10-6-17(23)7-11-20/h4-11,18H,3,12-15H2,1-2H3,(H2,24,25,26). The number of likely N-dealkylation sites (tertiary alicyclic amines) is 1. The van der Waals surface area contributed by atoms with Crippen molar-refractivity contribution in [3.8, 4) is 11.5 Å². The first-order valence-corrected chi connectivity index (χ1v) is 9.84. The van der Waals surface area contributed by atoms with Crippen LogP contribution in [0.25, 0.3) is 0 Å². The summed E-state index contributed by atoms with van der Waals surface area (Å²) in [5.74, 6) is 1.90. The summed E-state index contributed by atoms with van der Waals surface area (Å²) in [6, 6.07) is 13.8. The first kappa shape index (κ1) is 20.6. The van der Waals surface area contributed by atoms with E-state index in [2.05, 4.69) is 15.6 Å². The van der Waals surface area contributed by atoms with E-state index in [0.29, 0.717) is 37.0 Å². The zero-order valence-corrected chi connectivity index (χ0v) is 16.8. The molecule has 1 amide bonds. The molecule has 0 radical (unpaired) electrons. The van der Waals surface area contributed by atoms with Crippen molar-refractivity contribution in [2.75, 3.05) is 20.1 Å². The van der Waals surface area contributed by atoms with Crippen LogP contribution in [0.1, 0.15) is 25.3 Å². The molecule has 1 fully saturated rings. The Labute approximate surface area is 170 Å². The number of carbonyl (C=O) groups excluding carboxylic acids is 1. The summed E-state index contributed by atoms with van der Waals surface area (Å²) >= 11 is 0. The Balaban J connectivity index is 1.47. The van der Waals surface area contributed by atoms with Crippen LogP contribution in [-0.4, -0.2) is 42.9 Å². The van der Waals surface area contributed by atoms with Gasteiger partial charge < -0.3 is 20.3 Å². The van der Waals surface area contributed by atoms with Crippen LogP contribution in [0.2, 0.25) is 0 Å². The zero-order chi connectivity index (χ0) is 20.6. The Kier molecular flexibility index (Phi) is 7.05. The van der Waals surface area contributed by atoms with Gasteiger partial charge in [-0.15, -0.1) is 0 Å². The SMILES string of the molecule is CCC(=O)N1CCC(NC(=NC)NCc2ccc(Oc3ccc(F)cc3)cc2)C1. The summed E-state index contributed by atoms with van der Waals surface area (Å²) in [5.41, 5.74) is 1.08. The third-order valence-electron chi connectivity index (χ3n) is 4.84. The molecule has 0 aromatic heterocycles. The lowest BCUT2D eigenvalue weighted by molar-refractivity contribution is -0.129. The van der Waals surface area contributed by atoms with E-state index in [0.717, 1.165) is 18.5 Å². The molecular formula is C22H27FN4O2. The van der Waals surface area contributed by atoms with E-state index in [1.807, 2.05) is 36.1 Å². The summed E-state index contributed by atoms with van der Waals surface area (Å²) < 4.78 is 18.7. The van der Waals surface area contributed by atoms with Gasteiger partial charge in [-0.05, 0) is 48.4 Å². The van der Waals surface area contributed by atoms with Crippen molar-refractivity contribution in [3.05, 3.63) is 59.9 Å². The van der Waals surface area contributed by atoms with Crippen molar-refractivity contribution >= 4 is 11.9 Å². The molecule has 2 aromatic carbocycles. The monoisotopic (exact) mass is 398 g/mol. The highest BCUT2D eigenvalue weighted by Gasteiger charge is 2.25. The minimum absolute atomic E-state index is 0.195. The van der Waals surface area contributed by atoms with Gasteiger partial charge >= 0.3 is 0 Å². The van der Waals surface area contributed by atoms with Crippen LogP contribution in [-0.2, 0) is 11.3 Å². The molecule has 1 unspecified atom stereocenters. The van der Waals surface area contributed by atoms with E-state index >= 15 is 0 Å². The molecule has 154 valence electrons. The van der Waals surface area contributed by atoms with E-state index in [4.69, 9.17) is 4.74 Å². The van der Waals surface area contributed by atoms with Crippen molar-refractivity contribution in [2.45, 2.75) is 32.4 Å². The molecular weight excluding hydrogens is 371 g/mol. The van der Waals surface area contributed by atoms with Crippen molar-refractivity contribution < 1.29 is 13.9 Å². The molecule has 2 N–H and O–H groups in total. The summed E-state index contributed by atoms with van der Waals surface area (Å²) in [4.78, 5) is 18.0. The summed E-state index contributed by atoms with van der Waals surface area (Å²) in [6.07, 6.45) is 1.46. The third-order valence-corrected chi connectivity index (χ3v) is 4.84. The Morgan fingerprint density at radius 3 is 2.45 bits per heavy atom. The van der Waals surface area contributed by atoms with Gasteiger partial charge in [-0.3, -0.25) is 9.79 Å². The summed E-state index contributed by atoms with van der Waals surface area (Å²) in [5, 5.41) is 6.68.